The Hall–Kier alpha value is -2.99. The zero-order valence-electron chi connectivity index (χ0n) is 11.7. The van der Waals surface area contributed by atoms with Crippen LogP contribution >= 0.6 is 11.6 Å². The molecular formula is C16H10ClN3O3. The Balaban J connectivity index is 2.06. The predicted molar refractivity (Wildman–Crippen MR) is 88.8 cm³/mol. The molecule has 0 atom stereocenters. The number of halogens is 1. The van der Waals surface area contributed by atoms with Gasteiger partial charge in [-0.3, -0.25) is 20.1 Å². The maximum absolute atomic E-state index is 10.8. The number of aromatic hydroxyl groups is 1. The van der Waals surface area contributed by atoms with Crippen LogP contribution in [0.1, 0.15) is 5.56 Å². The molecule has 0 aliphatic heterocycles. The number of aliphatic imine (C=N–C) groups is 1. The molecule has 114 valence electrons. The quantitative estimate of drug-likeness (QED) is 0.442. The molecule has 1 N–H and O–H groups in total. The molecule has 0 aliphatic rings. The van der Waals surface area contributed by atoms with Crippen molar-refractivity contribution in [1.82, 2.24) is 4.98 Å². The summed E-state index contributed by atoms with van der Waals surface area (Å²) in [6, 6.07) is 10.7. The van der Waals surface area contributed by atoms with E-state index in [2.05, 4.69) is 9.98 Å². The van der Waals surface area contributed by atoms with E-state index in [1.165, 1.54) is 24.4 Å². The van der Waals surface area contributed by atoms with E-state index in [1.54, 1.807) is 24.4 Å². The van der Waals surface area contributed by atoms with Gasteiger partial charge in [0.15, 0.2) is 0 Å². The lowest BCUT2D eigenvalue weighted by atomic mass is 10.1. The highest BCUT2D eigenvalue weighted by atomic mass is 35.5. The lowest BCUT2D eigenvalue weighted by molar-refractivity contribution is -0.384. The summed E-state index contributed by atoms with van der Waals surface area (Å²) < 4.78 is 0. The van der Waals surface area contributed by atoms with Crippen molar-refractivity contribution in [3.8, 4) is 5.75 Å². The second-order valence-electron chi connectivity index (χ2n) is 4.72. The van der Waals surface area contributed by atoms with Gasteiger partial charge in [-0.05, 0) is 30.3 Å². The smallest absolute Gasteiger partial charge is 0.270 e. The lowest BCUT2D eigenvalue weighted by Crippen LogP contribution is -1.90. The molecular weight excluding hydrogens is 318 g/mol. The first-order chi connectivity index (χ1) is 11.1. The summed E-state index contributed by atoms with van der Waals surface area (Å²) in [6.07, 6.45) is 2.99. The van der Waals surface area contributed by atoms with Crippen LogP contribution < -0.4 is 0 Å². The van der Waals surface area contributed by atoms with Crippen molar-refractivity contribution in [2.45, 2.75) is 0 Å². The Morgan fingerprint density at radius 2 is 2.09 bits per heavy atom. The molecule has 3 aromatic rings. The molecule has 0 bridgehead atoms. The number of pyridine rings is 1. The summed E-state index contributed by atoms with van der Waals surface area (Å²) in [5.74, 6) is -0.0921. The largest absolute Gasteiger partial charge is 0.507 e. The molecule has 2 aromatic carbocycles. The summed E-state index contributed by atoms with van der Waals surface area (Å²) in [4.78, 5) is 18.8. The molecule has 1 heterocycles. The number of rotatable bonds is 3. The summed E-state index contributed by atoms with van der Waals surface area (Å²) >= 11 is 6.12. The maximum Gasteiger partial charge on any atom is 0.270 e. The number of phenols is 1. The van der Waals surface area contributed by atoms with Crippen LogP contribution in [-0.4, -0.2) is 21.2 Å². The molecule has 1 aromatic heterocycles. The number of aromatic nitrogens is 1. The van der Waals surface area contributed by atoms with Gasteiger partial charge in [0.25, 0.3) is 5.69 Å². The van der Waals surface area contributed by atoms with E-state index in [9.17, 15) is 15.2 Å². The van der Waals surface area contributed by atoms with E-state index >= 15 is 0 Å². The van der Waals surface area contributed by atoms with Crippen molar-refractivity contribution in [3.05, 3.63) is 69.4 Å². The third kappa shape index (κ3) is 2.97. The van der Waals surface area contributed by atoms with E-state index < -0.39 is 4.92 Å². The number of non-ortho nitro benzene ring substituents is 1. The Labute approximate surface area is 135 Å². The fourth-order valence-electron chi connectivity index (χ4n) is 2.13. The molecule has 23 heavy (non-hydrogen) atoms. The molecule has 0 amide bonds. The third-order valence-corrected chi connectivity index (χ3v) is 3.59. The minimum absolute atomic E-state index is 0.0921. The molecule has 0 radical (unpaired) electrons. The Kier molecular flexibility index (Phi) is 3.91. The Morgan fingerprint density at radius 3 is 2.87 bits per heavy atom. The molecule has 3 rings (SSSR count). The first kappa shape index (κ1) is 14.9. The number of fused-ring (bicyclic) bond motifs is 1. The second kappa shape index (κ2) is 6.02. The molecule has 0 spiro atoms. The van der Waals surface area contributed by atoms with E-state index in [1.807, 2.05) is 6.07 Å². The maximum atomic E-state index is 10.8. The minimum atomic E-state index is -0.532. The fraction of sp³-hybridized carbons (Fsp3) is 0. The van der Waals surface area contributed by atoms with E-state index in [0.29, 0.717) is 16.2 Å². The van der Waals surface area contributed by atoms with Gasteiger partial charge in [0.1, 0.15) is 5.75 Å². The molecule has 0 saturated heterocycles. The molecule has 6 nitrogen and oxygen atoms in total. The van der Waals surface area contributed by atoms with Gasteiger partial charge in [-0.1, -0.05) is 11.6 Å². The second-order valence-corrected chi connectivity index (χ2v) is 5.13. The highest BCUT2D eigenvalue weighted by Crippen LogP contribution is 2.30. The van der Waals surface area contributed by atoms with Crippen molar-refractivity contribution in [3.63, 3.8) is 0 Å². The molecule has 0 fully saturated rings. The average molecular weight is 328 g/mol. The zero-order valence-corrected chi connectivity index (χ0v) is 12.4. The van der Waals surface area contributed by atoms with Gasteiger partial charge < -0.3 is 5.11 Å². The molecule has 0 unspecified atom stereocenters. The molecule has 7 heteroatoms. The lowest BCUT2D eigenvalue weighted by Gasteiger charge is -2.03. The summed E-state index contributed by atoms with van der Waals surface area (Å²) in [7, 11) is 0. The molecule has 0 saturated carbocycles. The number of nitrogens with zero attached hydrogens (tertiary/aromatic N) is 3. The number of phenolic OH excluding ortho intramolecular Hbond substituents is 1. The Bertz CT molecular complexity index is 941. The van der Waals surface area contributed by atoms with E-state index in [4.69, 9.17) is 11.6 Å². The predicted octanol–water partition coefficient (Wildman–Crippen LogP) is 4.25. The van der Waals surface area contributed by atoms with Gasteiger partial charge in [-0.15, -0.1) is 0 Å². The Morgan fingerprint density at radius 1 is 1.26 bits per heavy atom. The first-order valence-corrected chi connectivity index (χ1v) is 6.99. The van der Waals surface area contributed by atoms with Crippen molar-refractivity contribution < 1.29 is 10.0 Å². The normalized spacial score (nSPS) is 11.2. The summed E-state index contributed by atoms with van der Waals surface area (Å²) in [5.41, 5.74) is 1.29. The first-order valence-electron chi connectivity index (χ1n) is 6.61. The van der Waals surface area contributed by atoms with Crippen LogP contribution in [0.4, 0.5) is 11.4 Å². The van der Waals surface area contributed by atoms with Crippen molar-refractivity contribution >= 4 is 40.1 Å². The average Bonchev–Trinajstić information content (AvgIpc) is 2.55. The van der Waals surface area contributed by atoms with Gasteiger partial charge >= 0.3 is 0 Å². The SMILES string of the molecule is O=[N+]([O-])c1ccc(O)c(C=Nc2ccc(Cl)c3cccnc23)c1. The summed E-state index contributed by atoms with van der Waals surface area (Å²) in [6.45, 7) is 0. The number of nitro benzene ring substituents is 1. The van der Waals surface area contributed by atoms with Gasteiger partial charge in [0, 0.05) is 35.5 Å². The van der Waals surface area contributed by atoms with Crippen LogP contribution in [0.2, 0.25) is 5.02 Å². The highest BCUT2D eigenvalue weighted by molar-refractivity contribution is 6.35. The topological polar surface area (TPSA) is 88.6 Å². The van der Waals surface area contributed by atoms with Crippen LogP contribution in [-0.2, 0) is 0 Å². The number of nitro groups is 1. The van der Waals surface area contributed by atoms with E-state index in [0.717, 1.165) is 5.39 Å². The monoisotopic (exact) mass is 327 g/mol. The summed E-state index contributed by atoms with van der Waals surface area (Å²) in [5, 5.41) is 21.9. The standard InChI is InChI=1S/C16H10ClN3O3/c17-13-4-5-14(16-12(13)2-1-7-18-16)19-9-10-8-11(20(22)23)3-6-15(10)21/h1-9,21H. The van der Waals surface area contributed by atoms with Crippen LogP contribution in [0.25, 0.3) is 10.9 Å². The van der Waals surface area contributed by atoms with Crippen LogP contribution in [0, 0.1) is 10.1 Å². The third-order valence-electron chi connectivity index (χ3n) is 3.26. The van der Waals surface area contributed by atoms with Crippen LogP contribution in [0.5, 0.6) is 5.75 Å². The van der Waals surface area contributed by atoms with E-state index in [-0.39, 0.29) is 17.0 Å². The molecule has 0 aliphatic carbocycles. The van der Waals surface area contributed by atoms with Crippen molar-refractivity contribution in [2.75, 3.05) is 0 Å². The van der Waals surface area contributed by atoms with Crippen molar-refractivity contribution in [1.29, 1.82) is 0 Å². The number of hydrogen-bond donors (Lipinski definition) is 1. The minimum Gasteiger partial charge on any atom is -0.507 e. The van der Waals surface area contributed by atoms with Crippen LogP contribution in [0.15, 0.2) is 53.7 Å². The number of benzene rings is 2. The van der Waals surface area contributed by atoms with Gasteiger partial charge in [-0.25, -0.2) is 0 Å². The van der Waals surface area contributed by atoms with Crippen LogP contribution in [0.3, 0.4) is 0 Å². The van der Waals surface area contributed by atoms with Gasteiger partial charge in [0.2, 0.25) is 0 Å². The van der Waals surface area contributed by atoms with Gasteiger partial charge in [-0.2, -0.15) is 0 Å². The fourth-order valence-corrected chi connectivity index (χ4v) is 2.34. The highest BCUT2D eigenvalue weighted by Gasteiger charge is 2.09. The van der Waals surface area contributed by atoms with Crippen molar-refractivity contribution in [2.24, 2.45) is 4.99 Å². The zero-order chi connectivity index (χ0) is 16.4. The number of hydrogen-bond acceptors (Lipinski definition) is 5. The van der Waals surface area contributed by atoms with Gasteiger partial charge in [0.05, 0.1) is 21.2 Å².